The van der Waals surface area contributed by atoms with Gasteiger partial charge in [-0.25, -0.2) is 4.79 Å². The van der Waals surface area contributed by atoms with Crippen LogP contribution in [-0.4, -0.2) is 22.2 Å². The number of carboxylic acid groups (broad SMARTS) is 1. The molecular weight excluding hydrogens is 266 g/mol. The van der Waals surface area contributed by atoms with Gasteiger partial charge in [0.05, 0.1) is 0 Å². The molecule has 0 saturated heterocycles. The van der Waals surface area contributed by atoms with Gasteiger partial charge in [-0.15, -0.1) is 0 Å². The van der Waals surface area contributed by atoms with Crippen molar-refractivity contribution in [2.45, 2.75) is 26.1 Å². The van der Waals surface area contributed by atoms with Gasteiger partial charge >= 0.3 is 5.97 Å². The first kappa shape index (κ1) is 15.2. The van der Waals surface area contributed by atoms with E-state index >= 15 is 0 Å². The van der Waals surface area contributed by atoms with Crippen LogP contribution in [0.3, 0.4) is 0 Å². The van der Waals surface area contributed by atoms with Gasteiger partial charge in [-0.2, -0.15) is 5.06 Å². The Morgan fingerprint density at radius 2 is 1.43 bits per heavy atom. The predicted molar refractivity (Wildman–Crippen MR) is 80.3 cm³/mol. The minimum atomic E-state index is -0.971. The number of benzene rings is 2. The number of hydrogen-bond donors (Lipinski definition) is 1. The van der Waals surface area contributed by atoms with Crippen molar-refractivity contribution in [1.82, 2.24) is 5.06 Å². The van der Waals surface area contributed by atoms with Gasteiger partial charge in [-0.05, 0) is 18.1 Å². The normalized spacial score (nSPS) is 12.3. The van der Waals surface area contributed by atoms with E-state index < -0.39 is 12.1 Å². The smallest absolute Gasteiger partial charge is 0.334 e. The molecule has 2 aromatic rings. The van der Waals surface area contributed by atoms with Gasteiger partial charge in [0.2, 0.25) is 0 Å². The molecule has 1 atom stereocenters. The monoisotopic (exact) mass is 285 g/mol. The molecule has 0 aliphatic carbocycles. The van der Waals surface area contributed by atoms with Gasteiger partial charge in [0.25, 0.3) is 0 Å². The Morgan fingerprint density at radius 3 is 1.81 bits per heavy atom. The highest BCUT2D eigenvalue weighted by Gasteiger charge is 2.17. The quantitative estimate of drug-likeness (QED) is 0.794. The van der Waals surface area contributed by atoms with Crippen molar-refractivity contribution in [1.29, 1.82) is 0 Å². The van der Waals surface area contributed by atoms with Crippen molar-refractivity contribution in [3.05, 3.63) is 71.8 Å². The lowest BCUT2D eigenvalue weighted by atomic mass is 10.2. The summed E-state index contributed by atoms with van der Waals surface area (Å²) in [6.45, 7) is 2.60. The van der Waals surface area contributed by atoms with Crippen LogP contribution >= 0.6 is 0 Å². The van der Waals surface area contributed by atoms with E-state index in [-0.39, 0.29) is 0 Å². The van der Waals surface area contributed by atoms with Crippen molar-refractivity contribution < 1.29 is 14.7 Å². The summed E-state index contributed by atoms with van der Waals surface area (Å²) in [6.07, 6.45) is -0.877. The zero-order valence-electron chi connectivity index (χ0n) is 12.0. The summed E-state index contributed by atoms with van der Waals surface area (Å²) in [5.74, 6) is -0.971. The van der Waals surface area contributed by atoms with E-state index in [2.05, 4.69) is 0 Å². The Morgan fingerprint density at radius 1 is 1.00 bits per heavy atom. The van der Waals surface area contributed by atoms with E-state index in [1.54, 1.807) is 5.06 Å². The lowest BCUT2D eigenvalue weighted by Gasteiger charge is -2.24. The van der Waals surface area contributed by atoms with Gasteiger partial charge in [-0.3, -0.25) is 4.84 Å². The fraction of sp³-hybridized carbons (Fsp3) is 0.235. The van der Waals surface area contributed by atoms with Crippen molar-refractivity contribution in [3.63, 3.8) is 0 Å². The number of hydrogen-bond acceptors (Lipinski definition) is 3. The average Bonchev–Trinajstić information content (AvgIpc) is 2.49. The Balaban J connectivity index is 2.08. The van der Waals surface area contributed by atoms with E-state index in [9.17, 15) is 4.79 Å². The molecule has 4 heteroatoms. The standard InChI is InChI=1S/C17H19NO3/c1-14(17(19)20)21-18(12-15-8-4-2-5-9-15)13-16-10-6-3-7-11-16/h2-11,14H,12-13H2,1H3,(H,19,20). The number of rotatable bonds is 7. The molecule has 0 saturated carbocycles. The molecule has 2 aromatic carbocycles. The van der Waals surface area contributed by atoms with Crippen LogP contribution in [0.15, 0.2) is 60.7 Å². The molecule has 0 spiro atoms. The summed E-state index contributed by atoms with van der Waals surface area (Å²) >= 11 is 0. The molecule has 21 heavy (non-hydrogen) atoms. The molecule has 2 rings (SSSR count). The second-order valence-electron chi connectivity index (χ2n) is 4.86. The largest absolute Gasteiger partial charge is 0.479 e. The molecule has 0 aromatic heterocycles. The van der Waals surface area contributed by atoms with E-state index in [0.29, 0.717) is 13.1 Å². The van der Waals surface area contributed by atoms with Crippen molar-refractivity contribution in [2.75, 3.05) is 0 Å². The van der Waals surface area contributed by atoms with Crippen molar-refractivity contribution in [2.24, 2.45) is 0 Å². The van der Waals surface area contributed by atoms with Crippen LogP contribution in [0.25, 0.3) is 0 Å². The lowest BCUT2D eigenvalue weighted by molar-refractivity contribution is -0.216. The number of hydroxylamine groups is 2. The van der Waals surface area contributed by atoms with Crippen LogP contribution in [-0.2, 0) is 22.7 Å². The third-order valence-corrected chi connectivity index (χ3v) is 3.06. The van der Waals surface area contributed by atoms with Gasteiger partial charge in [0.15, 0.2) is 6.10 Å². The summed E-state index contributed by atoms with van der Waals surface area (Å²) in [4.78, 5) is 16.5. The first-order chi connectivity index (χ1) is 10.1. The van der Waals surface area contributed by atoms with Crippen LogP contribution in [0.2, 0.25) is 0 Å². The summed E-state index contributed by atoms with van der Waals surface area (Å²) in [6, 6.07) is 19.7. The summed E-state index contributed by atoms with van der Waals surface area (Å²) in [5.41, 5.74) is 2.15. The molecule has 0 amide bonds. The molecule has 0 aliphatic heterocycles. The fourth-order valence-corrected chi connectivity index (χ4v) is 1.97. The fourth-order valence-electron chi connectivity index (χ4n) is 1.97. The second-order valence-corrected chi connectivity index (χ2v) is 4.86. The number of carboxylic acids is 1. The van der Waals surface area contributed by atoms with Crippen LogP contribution < -0.4 is 0 Å². The van der Waals surface area contributed by atoms with Gasteiger partial charge < -0.3 is 5.11 Å². The third kappa shape index (κ3) is 5.02. The molecule has 0 bridgehead atoms. The molecule has 0 radical (unpaired) electrons. The van der Waals surface area contributed by atoms with E-state index in [4.69, 9.17) is 9.94 Å². The van der Waals surface area contributed by atoms with Crippen molar-refractivity contribution >= 4 is 5.97 Å². The van der Waals surface area contributed by atoms with Crippen LogP contribution in [0, 0.1) is 0 Å². The lowest BCUT2D eigenvalue weighted by Crippen LogP contribution is -2.32. The zero-order chi connectivity index (χ0) is 15.1. The molecule has 110 valence electrons. The number of carbonyl (C=O) groups is 1. The number of aliphatic carboxylic acids is 1. The van der Waals surface area contributed by atoms with E-state index in [0.717, 1.165) is 11.1 Å². The first-order valence-corrected chi connectivity index (χ1v) is 6.87. The summed E-state index contributed by atoms with van der Waals surface area (Å²) < 4.78 is 0. The Hall–Kier alpha value is -2.17. The number of nitrogens with zero attached hydrogens (tertiary/aromatic N) is 1. The van der Waals surface area contributed by atoms with Crippen LogP contribution in [0.5, 0.6) is 0 Å². The SMILES string of the molecule is CC(ON(Cc1ccccc1)Cc1ccccc1)C(=O)O. The molecule has 1 N–H and O–H groups in total. The van der Waals surface area contributed by atoms with Gasteiger partial charge in [0, 0.05) is 13.1 Å². The topological polar surface area (TPSA) is 49.8 Å². The molecule has 1 unspecified atom stereocenters. The highest BCUT2D eigenvalue weighted by atomic mass is 16.7. The Bertz CT molecular complexity index is 515. The highest BCUT2D eigenvalue weighted by Crippen LogP contribution is 2.12. The van der Waals surface area contributed by atoms with Crippen molar-refractivity contribution in [3.8, 4) is 0 Å². The molecule has 4 nitrogen and oxygen atoms in total. The maximum atomic E-state index is 11.0. The summed E-state index contributed by atoms with van der Waals surface area (Å²) in [5, 5.41) is 10.7. The van der Waals surface area contributed by atoms with Gasteiger partial charge in [0.1, 0.15) is 0 Å². The molecule has 0 aliphatic rings. The first-order valence-electron chi connectivity index (χ1n) is 6.87. The molecule has 0 heterocycles. The molecule has 0 fully saturated rings. The zero-order valence-corrected chi connectivity index (χ0v) is 12.0. The Kier molecular flexibility index (Phi) is 5.49. The van der Waals surface area contributed by atoms with E-state index in [1.165, 1.54) is 6.92 Å². The molecular formula is C17H19NO3. The second kappa shape index (κ2) is 7.57. The summed E-state index contributed by atoms with van der Waals surface area (Å²) in [7, 11) is 0. The minimum absolute atomic E-state index is 0.535. The van der Waals surface area contributed by atoms with Crippen LogP contribution in [0.4, 0.5) is 0 Å². The predicted octanol–water partition coefficient (Wildman–Crippen LogP) is 3.09. The Labute approximate surface area is 124 Å². The average molecular weight is 285 g/mol. The van der Waals surface area contributed by atoms with E-state index in [1.807, 2.05) is 60.7 Å². The maximum absolute atomic E-state index is 11.0. The minimum Gasteiger partial charge on any atom is -0.479 e. The van der Waals surface area contributed by atoms with Gasteiger partial charge in [-0.1, -0.05) is 60.7 Å². The maximum Gasteiger partial charge on any atom is 0.334 e. The van der Waals surface area contributed by atoms with Crippen LogP contribution in [0.1, 0.15) is 18.1 Å². The third-order valence-electron chi connectivity index (χ3n) is 3.06. The highest BCUT2D eigenvalue weighted by molar-refractivity contribution is 5.71.